The minimum Gasteiger partial charge on any atom is -0.497 e. The summed E-state index contributed by atoms with van der Waals surface area (Å²) in [5, 5.41) is 1.21. The van der Waals surface area contributed by atoms with Crippen LogP contribution in [0.3, 0.4) is 0 Å². The Morgan fingerprint density at radius 1 is 1.11 bits per heavy atom. The molecule has 4 heteroatoms. The highest BCUT2D eigenvalue weighted by Crippen LogP contribution is 2.29. The number of hydrogen-bond donors (Lipinski definition) is 0. The van der Waals surface area contributed by atoms with Crippen molar-refractivity contribution in [3.63, 3.8) is 0 Å². The highest BCUT2D eigenvalue weighted by molar-refractivity contribution is 5.84. The largest absolute Gasteiger partial charge is 0.497 e. The van der Waals surface area contributed by atoms with Gasteiger partial charge in [-0.05, 0) is 75.0 Å². The summed E-state index contributed by atoms with van der Waals surface area (Å²) in [5.41, 5.74) is 5.81. The molecule has 0 spiro atoms. The maximum Gasteiger partial charge on any atom is 0.118 e. The molecule has 1 aliphatic heterocycles. The van der Waals surface area contributed by atoms with Gasteiger partial charge >= 0.3 is 0 Å². The van der Waals surface area contributed by atoms with Gasteiger partial charge in [0.1, 0.15) is 5.75 Å². The maximum absolute atomic E-state index is 5.33. The predicted molar refractivity (Wildman–Crippen MR) is 116 cm³/mol. The van der Waals surface area contributed by atoms with Gasteiger partial charge in [-0.2, -0.15) is 0 Å². The molecule has 146 valence electrons. The highest BCUT2D eigenvalue weighted by Gasteiger charge is 2.25. The van der Waals surface area contributed by atoms with Crippen LogP contribution in [0, 0.1) is 6.92 Å². The monoisotopic (exact) mass is 375 g/mol. The van der Waals surface area contributed by atoms with E-state index in [9.17, 15) is 0 Å². The van der Waals surface area contributed by atoms with Gasteiger partial charge in [0, 0.05) is 36.6 Å². The highest BCUT2D eigenvalue weighted by atomic mass is 16.5. The van der Waals surface area contributed by atoms with Crippen LogP contribution in [0.2, 0.25) is 0 Å². The fourth-order valence-corrected chi connectivity index (χ4v) is 4.06. The number of hydrogen-bond acceptors (Lipinski definition) is 4. The molecule has 0 amide bonds. The number of aromatic nitrogens is 1. The molecule has 2 aromatic carbocycles. The molecule has 1 fully saturated rings. The van der Waals surface area contributed by atoms with Gasteiger partial charge < -0.3 is 9.64 Å². The first-order chi connectivity index (χ1) is 13.5. The molecular weight excluding hydrogens is 346 g/mol. The summed E-state index contributed by atoms with van der Waals surface area (Å²) >= 11 is 0. The first-order valence-electron chi connectivity index (χ1n) is 9.97. The average Bonchev–Trinajstić information content (AvgIpc) is 3.17. The van der Waals surface area contributed by atoms with Crippen molar-refractivity contribution in [3.8, 4) is 17.0 Å². The Kier molecular flexibility index (Phi) is 5.33. The molecule has 1 atom stereocenters. The molecular formula is C24H29N3O. The fraction of sp³-hybridized carbons (Fsp3) is 0.375. The van der Waals surface area contributed by atoms with Gasteiger partial charge in [0.2, 0.25) is 0 Å². The summed E-state index contributed by atoms with van der Waals surface area (Å²) in [5.74, 6) is 0.871. The van der Waals surface area contributed by atoms with Crippen LogP contribution in [0.1, 0.15) is 17.5 Å². The Morgan fingerprint density at radius 2 is 1.89 bits per heavy atom. The predicted octanol–water partition coefficient (Wildman–Crippen LogP) is 4.35. The molecule has 3 aromatic rings. The van der Waals surface area contributed by atoms with Crippen LogP contribution in [0.4, 0.5) is 0 Å². The van der Waals surface area contributed by atoms with Crippen LogP contribution in [0.15, 0.2) is 48.5 Å². The van der Waals surface area contributed by atoms with E-state index in [0.29, 0.717) is 6.04 Å². The summed E-state index contributed by atoms with van der Waals surface area (Å²) in [6, 6.07) is 17.7. The second kappa shape index (κ2) is 7.90. The zero-order valence-electron chi connectivity index (χ0n) is 17.3. The Hall–Kier alpha value is -2.43. The van der Waals surface area contributed by atoms with Crippen LogP contribution in [0.25, 0.3) is 22.2 Å². The lowest BCUT2D eigenvalue weighted by atomic mass is 10.0. The molecule has 28 heavy (non-hydrogen) atoms. The number of likely N-dealkylation sites (tertiary alicyclic amines) is 1. The number of aryl methyl sites for hydroxylation is 1. The molecule has 1 saturated heterocycles. The fourth-order valence-electron chi connectivity index (χ4n) is 4.06. The topological polar surface area (TPSA) is 28.6 Å². The molecule has 2 heterocycles. The number of benzene rings is 2. The number of rotatable bonds is 5. The summed E-state index contributed by atoms with van der Waals surface area (Å²) < 4.78 is 5.33. The lowest BCUT2D eigenvalue weighted by Crippen LogP contribution is -2.31. The Morgan fingerprint density at radius 3 is 2.57 bits per heavy atom. The minimum absolute atomic E-state index is 0.639. The molecule has 4 nitrogen and oxygen atoms in total. The van der Waals surface area contributed by atoms with Crippen molar-refractivity contribution in [1.82, 2.24) is 14.8 Å². The SMILES string of the molecule is COc1ccc(-c2nc3cc(C)ccc3cc2CN2CCC(N(C)C)C2)cc1. The molecule has 0 N–H and O–H groups in total. The minimum atomic E-state index is 0.639. The summed E-state index contributed by atoms with van der Waals surface area (Å²) in [6.07, 6.45) is 1.23. The van der Waals surface area contributed by atoms with Gasteiger partial charge in [-0.15, -0.1) is 0 Å². The van der Waals surface area contributed by atoms with Gasteiger partial charge in [-0.3, -0.25) is 4.90 Å². The summed E-state index contributed by atoms with van der Waals surface area (Å²) in [6.45, 7) is 5.30. The van der Waals surface area contributed by atoms with E-state index in [1.54, 1.807) is 7.11 Å². The second-order valence-corrected chi connectivity index (χ2v) is 8.06. The number of methoxy groups -OCH3 is 1. The van der Waals surface area contributed by atoms with E-state index in [2.05, 4.69) is 67.2 Å². The third-order valence-corrected chi connectivity index (χ3v) is 5.79. The van der Waals surface area contributed by atoms with Crippen molar-refractivity contribution < 1.29 is 4.74 Å². The Balaban J connectivity index is 1.73. The van der Waals surface area contributed by atoms with E-state index >= 15 is 0 Å². The van der Waals surface area contributed by atoms with E-state index in [1.807, 2.05) is 12.1 Å². The lowest BCUT2D eigenvalue weighted by Gasteiger charge is -2.21. The first kappa shape index (κ1) is 18.9. The molecule has 0 saturated carbocycles. The van der Waals surface area contributed by atoms with Crippen LogP contribution in [0.5, 0.6) is 5.75 Å². The van der Waals surface area contributed by atoms with Crippen LogP contribution in [-0.4, -0.2) is 55.1 Å². The van der Waals surface area contributed by atoms with E-state index < -0.39 is 0 Å². The molecule has 0 aliphatic carbocycles. The van der Waals surface area contributed by atoms with Crippen molar-refractivity contribution in [2.75, 3.05) is 34.3 Å². The Labute approximate surface area is 167 Å². The van der Waals surface area contributed by atoms with Gasteiger partial charge in [-0.1, -0.05) is 12.1 Å². The van der Waals surface area contributed by atoms with Crippen molar-refractivity contribution in [1.29, 1.82) is 0 Å². The molecule has 1 aromatic heterocycles. The van der Waals surface area contributed by atoms with Crippen molar-refractivity contribution in [3.05, 3.63) is 59.7 Å². The van der Waals surface area contributed by atoms with Crippen LogP contribution < -0.4 is 4.74 Å². The standard InChI is InChI=1S/C24H29N3O/c1-17-5-6-19-14-20(15-27-12-11-21(16-27)26(2)3)24(25-23(19)13-17)18-7-9-22(28-4)10-8-18/h5-10,13-14,21H,11-12,15-16H2,1-4H3. The van der Waals surface area contributed by atoms with Gasteiger partial charge in [0.15, 0.2) is 0 Å². The summed E-state index contributed by atoms with van der Waals surface area (Å²) in [7, 11) is 6.06. The zero-order valence-corrected chi connectivity index (χ0v) is 17.3. The Bertz CT molecular complexity index is 965. The molecule has 4 rings (SSSR count). The molecule has 1 aliphatic rings. The van der Waals surface area contributed by atoms with Gasteiger partial charge in [0.05, 0.1) is 18.3 Å². The number of likely N-dealkylation sites (N-methyl/N-ethyl adjacent to an activating group) is 1. The molecule has 0 radical (unpaired) electrons. The third kappa shape index (κ3) is 3.89. The maximum atomic E-state index is 5.33. The van der Waals surface area contributed by atoms with Crippen LogP contribution >= 0.6 is 0 Å². The quantitative estimate of drug-likeness (QED) is 0.663. The van der Waals surface area contributed by atoms with E-state index in [0.717, 1.165) is 42.2 Å². The van der Waals surface area contributed by atoms with Gasteiger partial charge in [0.25, 0.3) is 0 Å². The number of nitrogens with zero attached hydrogens (tertiary/aromatic N) is 3. The second-order valence-electron chi connectivity index (χ2n) is 8.06. The first-order valence-corrected chi connectivity index (χ1v) is 9.97. The zero-order chi connectivity index (χ0) is 19.7. The van der Waals surface area contributed by atoms with Crippen molar-refractivity contribution >= 4 is 10.9 Å². The van der Waals surface area contributed by atoms with E-state index in [1.165, 1.54) is 22.9 Å². The average molecular weight is 376 g/mol. The van der Waals surface area contributed by atoms with Gasteiger partial charge in [-0.25, -0.2) is 4.98 Å². The molecule has 0 bridgehead atoms. The number of fused-ring (bicyclic) bond motifs is 1. The smallest absolute Gasteiger partial charge is 0.118 e. The normalized spacial score (nSPS) is 17.5. The van der Waals surface area contributed by atoms with Crippen LogP contribution in [-0.2, 0) is 6.54 Å². The van der Waals surface area contributed by atoms with Crippen molar-refractivity contribution in [2.45, 2.75) is 25.9 Å². The lowest BCUT2D eigenvalue weighted by molar-refractivity contribution is 0.265. The van der Waals surface area contributed by atoms with E-state index in [4.69, 9.17) is 9.72 Å². The van der Waals surface area contributed by atoms with Crippen molar-refractivity contribution in [2.24, 2.45) is 0 Å². The number of ether oxygens (including phenoxy) is 1. The third-order valence-electron chi connectivity index (χ3n) is 5.79. The molecule has 1 unspecified atom stereocenters. The van der Waals surface area contributed by atoms with E-state index in [-0.39, 0.29) is 0 Å². The number of pyridine rings is 1. The summed E-state index contributed by atoms with van der Waals surface area (Å²) in [4.78, 5) is 9.97.